The molecule has 168 valence electrons. The molecule has 6 nitrogen and oxygen atoms in total. The van der Waals surface area contributed by atoms with E-state index in [2.05, 4.69) is 5.32 Å². The summed E-state index contributed by atoms with van der Waals surface area (Å²) in [6.45, 7) is 4.27. The zero-order valence-electron chi connectivity index (χ0n) is 17.1. The Bertz CT molecular complexity index is 917. The molecular weight excluding hydrogens is 431 g/mol. The molecule has 2 heterocycles. The lowest BCUT2D eigenvalue weighted by atomic mass is 10.1. The monoisotopic (exact) mass is 455 g/mol. The van der Waals surface area contributed by atoms with Gasteiger partial charge >= 0.3 is 6.18 Å². The first-order chi connectivity index (χ1) is 14.8. The van der Waals surface area contributed by atoms with E-state index in [4.69, 9.17) is 4.74 Å². The van der Waals surface area contributed by atoms with E-state index in [1.54, 1.807) is 11.0 Å². The van der Waals surface area contributed by atoms with Gasteiger partial charge in [-0.25, -0.2) is 0 Å². The molecule has 0 radical (unpaired) electrons. The van der Waals surface area contributed by atoms with Gasteiger partial charge in [0, 0.05) is 26.2 Å². The van der Waals surface area contributed by atoms with Gasteiger partial charge in [0.05, 0.1) is 24.4 Å². The van der Waals surface area contributed by atoms with Gasteiger partial charge in [0.1, 0.15) is 10.6 Å². The van der Waals surface area contributed by atoms with Crippen LogP contribution in [0.25, 0.3) is 0 Å². The molecule has 0 saturated carbocycles. The van der Waals surface area contributed by atoms with Crippen LogP contribution in [0.5, 0.6) is 5.75 Å². The molecule has 1 saturated heterocycles. The Hall–Kier alpha value is -2.59. The number of benzene rings is 1. The number of carbonyl (C=O) groups is 2. The van der Waals surface area contributed by atoms with Crippen molar-refractivity contribution in [3.05, 3.63) is 46.2 Å². The van der Waals surface area contributed by atoms with E-state index < -0.39 is 17.6 Å². The van der Waals surface area contributed by atoms with Crippen molar-refractivity contribution >= 4 is 28.8 Å². The van der Waals surface area contributed by atoms with Crippen molar-refractivity contribution in [2.24, 2.45) is 0 Å². The highest BCUT2D eigenvalue weighted by Gasteiger charge is 2.33. The number of nitrogens with one attached hydrogen (secondary N) is 1. The minimum atomic E-state index is -4.55. The number of amides is 2. The van der Waals surface area contributed by atoms with Gasteiger partial charge in [-0.3, -0.25) is 14.5 Å². The summed E-state index contributed by atoms with van der Waals surface area (Å²) in [6, 6.07) is 6.67. The van der Waals surface area contributed by atoms with E-state index in [-0.39, 0.29) is 18.1 Å². The van der Waals surface area contributed by atoms with Crippen molar-refractivity contribution in [2.75, 3.05) is 44.6 Å². The molecule has 31 heavy (non-hydrogen) atoms. The number of para-hydroxylation sites is 1. The maximum atomic E-state index is 13.1. The lowest BCUT2D eigenvalue weighted by molar-refractivity contribution is -0.137. The van der Waals surface area contributed by atoms with Gasteiger partial charge in [0.15, 0.2) is 0 Å². The fourth-order valence-corrected chi connectivity index (χ4v) is 4.23. The summed E-state index contributed by atoms with van der Waals surface area (Å²) in [5.74, 6) is -0.0569. The summed E-state index contributed by atoms with van der Waals surface area (Å²) in [5.41, 5.74) is -1.13. The topological polar surface area (TPSA) is 61.9 Å². The Morgan fingerprint density at radius 1 is 1.13 bits per heavy atom. The summed E-state index contributed by atoms with van der Waals surface area (Å²) in [7, 11) is 0. The third-order valence-electron chi connectivity index (χ3n) is 4.87. The summed E-state index contributed by atoms with van der Waals surface area (Å²) in [4.78, 5) is 29.4. The third-order valence-corrected chi connectivity index (χ3v) is 5.76. The van der Waals surface area contributed by atoms with Gasteiger partial charge in [0.25, 0.3) is 5.91 Å². The lowest BCUT2D eigenvalue weighted by Crippen LogP contribution is -2.38. The quantitative estimate of drug-likeness (QED) is 0.717. The van der Waals surface area contributed by atoms with Gasteiger partial charge in [-0.05, 0) is 36.9 Å². The first-order valence-electron chi connectivity index (χ1n) is 9.97. The van der Waals surface area contributed by atoms with Crippen LogP contribution in [0.3, 0.4) is 0 Å². The van der Waals surface area contributed by atoms with E-state index in [1.165, 1.54) is 29.5 Å². The van der Waals surface area contributed by atoms with Gasteiger partial charge in [-0.1, -0.05) is 12.1 Å². The number of anilines is 1. The maximum Gasteiger partial charge on any atom is 0.418 e. The summed E-state index contributed by atoms with van der Waals surface area (Å²) >= 11 is 1.33. The van der Waals surface area contributed by atoms with Gasteiger partial charge < -0.3 is 15.0 Å². The van der Waals surface area contributed by atoms with Crippen LogP contribution in [0, 0.1) is 0 Å². The highest BCUT2D eigenvalue weighted by Crippen LogP contribution is 2.34. The molecule has 1 aliphatic heterocycles. The van der Waals surface area contributed by atoms with Crippen LogP contribution in [0.4, 0.5) is 18.9 Å². The molecule has 1 aromatic heterocycles. The van der Waals surface area contributed by atoms with Crippen LogP contribution in [0.15, 0.2) is 35.7 Å². The van der Waals surface area contributed by atoms with Crippen LogP contribution < -0.4 is 10.1 Å². The standard InChI is InChI=1S/C21H24F3N3O3S/c1-2-30-17-8-13-31-19(17)20(29)27-10-5-9-26(11-12-27)14-18(28)25-16-7-4-3-6-15(16)21(22,23)24/h3-4,6-8,13H,2,5,9-12,14H2,1H3,(H,25,28). The molecule has 10 heteroatoms. The molecule has 3 rings (SSSR count). The first kappa shape index (κ1) is 23.1. The SMILES string of the molecule is CCOc1ccsc1C(=O)N1CCCN(CC(=O)Nc2ccccc2C(F)(F)F)CC1. The molecule has 0 bridgehead atoms. The second kappa shape index (κ2) is 10.1. The number of halogens is 3. The fourth-order valence-electron chi connectivity index (χ4n) is 3.43. The van der Waals surface area contributed by atoms with Crippen LogP contribution in [-0.2, 0) is 11.0 Å². The molecule has 0 spiro atoms. The van der Waals surface area contributed by atoms with Crippen LogP contribution >= 0.6 is 11.3 Å². The second-order valence-corrected chi connectivity index (χ2v) is 7.98. The molecule has 0 aliphatic carbocycles. The fraction of sp³-hybridized carbons (Fsp3) is 0.429. The number of carbonyl (C=O) groups excluding carboxylic acids is 2. The number of alkyl halides is 3. The van der Waals surface area contributed by atoms with Gasteiger partial charge in [-0.2, -0.15) is 13.2 Å². The second-order valence-electron chi connectivity index (χ2n) is 7.06. The predicted octanol–water partition coefficient (Wildman–Crippen LogP) is 3.95. The number of hydrogen-bond donors (Lipinski definition) is 1. The van der Waals surface area contributed by atoms with Crippen molar-refractivity contribution in [3.8, 4) is 5.75 Å². The molecule has 1 aromatic carbocycles. The van der Waals surface area contributed by atoms with Crippen LogP contribution in [0.2, 0.25) is 0 Å². The Balaban J connectivity index is 1.57. The maximum absolute atomic E-state index is 13.1. The summed E-state index contributed by atoms with van der Waals surface area (Å²) < 4.78 is 44.9. The van der Waals surface area contributed by atoms with E-state index in [1.807, 2.05) is 17.2 Å². The minimum Gasteiger partial charge on any atom is -0.492 e. The highest BCUT2D eigenvalue weighted by molar-refractivity contribution is 7.12. The number of nitrogens with zero attached hydrogens (tertiary/aromatic N) is 2. The van der Waals surface area contributed by atoms with Crippen molar-refractivity contribution in [2.45, 2.75) is 19.5 Å². The Morgan fingerprint density at radius 3 is 2.65 bits per heavy atom. The van der Waals surface area contributed by atoms with Crippen molar-refractivity contribution in [1.29, 1.82) is 0 Å². The average molecular weight is 456 g/mol. The van der Waals surface area contributed by atoms with Gasteiger partial charge in [0.2, 0.25) is 5.91 Å². The number of rotatable bonds is 6. The normalized spacial score (nSPS) is 15.4. The third kappa shape index (κ3) is 5.98. The first-order valence-corrected chi connectivity index (χ1v) is 10.9. The van der Waals surface area contributed by atoms with Crippen molar-refractivity contribution in [1.82, 2.24) is 9.80 Å². The van der Waals surface area contributed by atoms with Crippen molar-refractivity contribution < 1.29 is 27.5 Å². The van der Waals surface area contributed by atoms with E-state index in [0.717, 1.165) is 6.07 Å². The van der Waals surface area contributed by atoms with E-state index >= 15 is 0 Å². The Kier molecular flexibility index (Phi) is 7.55. The van der Waals surface area contributed by atoms with Crippen molar-refractivity contribution in [3.63, 3.8) is 0 Å². The lowest BCUT2D eigenvalue weighted by Gasteiger charge is -2.22. The Labute approximate surface area is 182 Å². The zero-order valence-corrected chi connectivity index (χ0v) is 17.9. The number of hydrogen-bond acceptors (Lipinski definition) is 5. The predicted molar refractivity (Wildman–Crippen MR) is 113 cm³/mol. The summed E-state index contributed by atoms with van der Waals surface area (Å²) in [5, 5.41) is 4.18. The Morgan fingerprint density at radius 2 is 1.90 bits per heavy atom. The smallest absolute Gasteiger partial charge is 0.418 e. The molecule has 0 atom stereocenters. The van der Waals surface area contributed by atoms with E-state index in [9.17, 15) is 22.8 Å². The molecular formula is C21H24F3N3O3S. The van der Waals surface area contributed by atoms with E-state index in [0.29, 0.717) is 49.8 Å². The molecule has 0 unspecified atom stereocenters. The molecule has 2 amide bonds. The average Bonchev–Trinajstić information content (AvgIpc) is 3.05. The molecule has 1 fully saturated rings. The molecule has 1 aliphatic rings. The highest BCUT2D eigenvalue weighted by atomic mass is 32.1. The molecule has 1 N–H and O–H groups in total. The number of ether oxygens (including phenoxy) is 1. The van der Waals surface area contributed by atoms with Crippen LogP contribution in [0.1, 0.15) is 28.6 Å². The minimum absolute atomic E-state index is 0.0442. The van der Waals surface area contributed by atoms with Crippen LogP contribution in [-0.4, -0.2) is 60.9 Å². The number of thiophene rings is 1. The molecule has 2 aromatic rings. The van der Waals surface area contributed by atoms with Gasteiger partial charge in [-0.15, -0.1) is 11.3 Å². The zero-order chi connectivity index (χ0) is 22.4. The summed E-state index contributed by atoms with van der Waals surface area (Å²) in [6.07, 6.45) is -3.89. The largest absolute Gasteiger partial charge is 0.492 e.